The van der Waals surface area contributed by atoms with E-state index in [2.05, 4.69) is 60.7 Å². The normalized spacial score (nSPS) is 11.1. The fraction of sp³-hybridized carbons (Fsp3) is 0.867. The number of amides is 1. The van der Waals surface area contributed by atoms with Gasteiger partial charge in [0.05, 0.1) is 5.92 Å². The molecular weight excluding hydrogens is 879 g/mol. The summed E-state index contributed by atoms with van der Waals surface area (Å²) in [6.07, 6.45) is 31.2. The fourth-order valence-electron chi connectivity index (χ4n) is 7.61. The van der Waals surface area contributed by atoms with Crippen molar-refractivity contribution in [3.8, 4) is 0 Å². The zero-order valence-electron chi connectivity index (χ0n) is 47.1. The molecule has 70 heavy (non-hydrogen) atoms. The average Bonchev–Trinajstić information content (AvgIpc) is 3.24. The molecule has 0 rings (SSSR count). The van der Waals surface area contributed by atoms with Crippen LogP contribution in [0, 0.1) is 29.6 Å². The van der Waals surface area contributed by atoms with Crippen LogP contribution in [-0.4, -0.2) is 58.2 Å². The molecular formula is C60H115NO9. The molecule has 0 radical (unpaired) electrons. The van der Waals surface area contributed by atoms with E-state index in [1.165, 1.54) is 78.1 Å². The molecule has 0 saturated carbocycles. The van der Waals surface area contributed by atoms with Crippen molar-refractivity contribution < 1.29 is 43.5 Å². The van der Waals surface area contributed by atoms with Crippen LogP contribution in [0.1, 0.15) is 302 Å². The monoisotopic (exact) mass is 994 g/mol. The van der Waals surface area contributed by atoms with E-state index in [9.17, 15) is 38.4 Å². The quantitative estimate of drug-likeness (QED) is 0.0565. The van der Waals surface area contributed by atoms with Crippen molar-refractivity contribution in [2.45, 2.75) is 302 Å². The summed E-state index contributed by atoms with van der Waals surface area (Å²) in [6.45, 7) is 24.7. The molecule has 0 aromatic carbocycles. The predicted octanol–water partition coefficient (Wildman–Crippen LogP) is 16.4. The second kappa shape index (κ2) is 55.3. The molecule has 10 nitrogen and oxygen atoms in total. The maximum Gasteiger partial charge on any atom is 0.306 e. The Morgan fingerprint density at radius 1 is 0.343 bits per heavy atom. The average molecular weight is 995 g/mol. The Labute approximate surface area is 432 Å². The number of unbranched alkanes of at least 4 members (excludes halogenated alkanes) is 12. The Hall–Kier alpha value is -3.04. The molecule has 0 spiro atoms. The summed E-state index contributed by atoms with van der Waals surface area (Å²) in [5.41, 5.74) is 0. The lowest BCUT2D eigenvalue weighted by molar-refractivity contribution is -0.144. The number of carbonyl (C=O) groups excluding carboxylic acids is 7. The Morgan fingerprint density at radius 2 is 0.600 bits per heavy atom. The van der Waals surface area contributed by atoms with Gasteiger partial charge in [-0.15, -0.1) is 0 Å². The first-order chi connectivity index (χ1) is 32.5. The number of rotatable bonds is 43. The lowest BCUT2D eigenvalue weighted by Crippen LogP contribution is -2.21. The highest BCUT2D eigenvalue weighted by Crippen LogP contribution is 2.17. The summed E-state index contributed by atoms with van der Waals surface area (Å²) in [5, 5.41) is 11.7. The Morgan fingerprint density at radius 3 is 0.843 bits per heavy atom. The zero-order valence-corrected chi connectivity index (χ0v) is 47.1. The molecule has 10 heteroatoms. The van der Waals surface area contributed by atoms with Crippen LogP contribution in [0.25, 0.3) is 0 Å². The van der Waals surface area contributed by atoms with E-state index in [0.29, 0.717) is 74.6 Å². The van der Waals surface area contributed by atoms with Crippen LogP contribution in [0.3, 0.4) is 0 Å². The fourth-order valence-corrected chi connectivity index (χ4v) is 7.61. The Bertz CT molecular complexity index is 1300. The number of Topliss-reactive ketones (excluding diaryl/α,β-unsaturated/α-hetero) is 6. The van der Waals surface area contributed by atoms with Crippen LogP contribution in [-0.2, 0) is 38.4 Å². The second-order valence-electron chi connectivity index (χ2n) is 21.7. The summed E-state index contributed by atoms with van der Waals surface area (Å²) < 4.78 is 0. The van der Waals surface area contributed by atoms with E-state index in [0.717, 1.165) is 120 Å². The van der Waals surface area contributed by atoms with Crippen LogP contribution >= 0.6 is 0 Å². The first-order valence-corrected chi connectivity index (χ1v) is 28.0. The molecule has 414 valence electrons. The van der Waals surface area contributed by atoms with E-state index >= 15 is 0 Å². The van der Waals surface area contributed by atoms with Gasteiger partial charge in [-0.3, -0.25) is 24.0 Å². The van der Waals surface area contributed by atoms with Crippen molar-refractivity contribution in [2.24, 2.45) is 29.6 Å². The van der Waals surface area contributed by atoms with Crippen molar-refractivity contribution >= 4 is 46.6 Å². The molecule has 0 aromatic heterocycles. The highest BCUT2D eigenvalue weighted by atomic mass is 16.4. The van der Waals surface area contributed by atoms with E-state index in [1.54, 1.807) is 13.8 Å². The number of ketones is 6. The van der Waals surface area contributed by atoms with Gasteiger partial charge >= 0.3 is 5.97 Å². The number of carboxylic acid groups (broad SMARTS) is 1. The number of carboxylic acids is 1. The number of hydrogen-bond acceptors (Lipinski definition) is 8. The summed E-state index contributed by atoms with van der Waals surface area (Å²) in [6, 6.07) is 0. The van der Waals surface area contributed by atoms with Crippen molar-refractivity contribution in [3.05, 3.63) is 0 Å². The van der Waals surface area contributed by atoms with Gasteiger partial charge in [-0.05, 0) is 102 Å². The number of carbonyl (C=O) groups is 8. The summed E-state index contributed by atoms with van der Waals surface area (Å²) in [5.74, 6) is 3.19. The Kier molecular flexibility index (Phi) is 59.9. The first-order valence-electron chi connectivity index (χ1n) is 28.0. The van der Waals surface area contributed by atoms with Gasteiger partial charge in [-0.1, -0.05) is 159 Å². The third kappa shape index (κ3) is 73.9. The highest BCUT2D eigenvalue weighted by Gasteiger charge is 2.18. The summed E-state index contributed by atoms with van der Waals surface area (Å²) in [7, 11) is 0. The molecule has 0 aliphatic heterocycles. The van der Waals surface area contributed by atoms with Gasteiger partial charge in [0.1, 0.15) is 34.7 Å². The summed E-state index contributed by atoms with van der Waals surface area (Å²) in [4.78, 5) is 88.7. The number of aliphatic carboxylic acids is 1. The minimum absolute atomic E-state index is 0. The SMILES string of the molecule is C.CC(=O)CC(CCCCCC(=O)CCCCCC(C)C)C(=O)O.CC(=O)CCCCCC(=O)CCCCCC(C)C.CC(=O)CCCCCC(C)C.CC(=O)NCCCC(=O)CCCCCC(C)C. The first kappa shape index (κ1) is 75.9. The van der Waals surface area contributed by atoms with Crippen molar-refractivity contribution in [1.29, 1.82) is 0 Å². The molecule has 0 heterocycles. The minimum atomic E-state index is -0.891. The maximum atomic E-state index is 11.8. The minimum Gasteiger partial charge on any atom is -0.481 e. The largest absolute Gasteiger partial charge is 0.481 e. The molecule has 1 unspecified atom stereocenters. The van der Waals surface area contributed by atoms with E-state index in [4.69, 9.17) is 5.11 Å². The molecule has 0 fully saturated rings. The van der Waals surface area contributed by atoms with Crippen LogP contribution in [0.15, 0.2) is 0 Å². The van der Waals surface area contributed by atoms with Gasteiger partial charge in [-0.25, -0.2) is 0 Å². The molecule has 0 bridgehead atoms. The van der Waals surface area contributed by atoms with Gasteiger partial charge in [0.2, 0.25) is 5.91 Å². The Balaban J connectivity index is -0.000000274. The maximum absolute atomic E-state index is 11.8. The third-order valence-electron chi connectivity index (χ3n) is 11.9. The molecule has 0 saturated heterocycles. The lowest BCUT2D eigenvalue weighted by Gasteiger charge is -2.09. The van der Waals surface area contributed by atoms with E-state index in [-0.39, 0.29) is 31.3 Å². The van der Waals surface area contributed by atoms with E-state index < -0.39 is 11.9 Å². The zero-order chi connectivity index (χ0) is 53.3. The van der Waals surface area contributed by atoms with Crippen molar-refractivity contribution in [2.75, 3.05) is 6.54 Å². The molecule has 2 N–H and O–H groups in total. The lowest BCUT2D eigenvalue weighted by atomic mass is 9.95. The van der Waals surface area contributed by atoms with E-state index in [1.807, 2.05) is 0 Å². The van der Waals surface area contributed by atoms with Gasteiger partial charge in [0, 0.05) is 71.3 Å². The van der Waals surface area contributed by atoms with Crippen LogP contribution in [0.2, 0.25) is 0 Å². The third-order valence-corrected chi connectivity index (χ3v) is 11.9. The molecule has 1 atom stereocenters. The van der Waals surface area contributed by atoms with Crippen LogP contribution in [0.5, 0.6) is 0 Å². The number of hydrogen-bond donors (Lipinski definition) is 2. The van der Waals surface area contributed by atoms with Crippen molar-refractivity contribution in [3.63, 3.8) is 0 Å². The smallest absolute Gasteiger partial charge is 0.306 e. The molecule has 0 aromatic rings. The number of nitrogens with one attached hydrogen (secondary N) is 1. The molecule has 0 aliphatic carbocycles. The van der Waals surface area contributed by atoms with Gasteiger partial charge in [0.25, 0.3) is 0 Å². The topological polar surface area (TPSA) is 169 Å². The summed E-state index contributed by atoms with van der Waals surface area (Å²) >= 11 is 0. The predicted molar refractivity (Wildman–Crippen MR) is 295 cm³/mol. The highest BCUT2D eigenvalue weighted by molar-refractivity contribution is 5.82. The van der Waals surface area contributed by atoms with Crippen LogP contribution < -0.4 is 5.32 Å². The molecule has 1 amide bonds. The van der Waals surface area contributed by atoms with Gasteiger partial charge < -0.3 is 24.8 Å². The molecule has 0 aliphatic rings. The van der Waals surface area contributed by atoms with Crippen LogP contribution in [0.4, 0.5) is 0 Å². The van der Waals surface area contributed by atoms with Gasteiger partial charge in [-0.2, -0.15) is 0 Å². The standard InChI is InChI=1S/C19H34O4.C16H30O2.C14H27NO2.C10H20O.CH4/c1-15(2)10-6-4-8-12-18(21)13-9-5-7-11-17(19(22)23)14-16(3)20;1-14(2)10-6-4-8-12-16(18)13-9-5-7-11-15(3)17;1-12(2)8-5-4-6-9-14(17)10-7-11-15-13(3)16;1-9(2)7-5-4-6-8-10(3)11;/h15,17H,4-14H2,1-3H3,(H,22,23);14H,4-13H2,1-3H3;12H,4-11H2,1-3H3,(H,15,16);9H,4-8H2,1-3H3;1H4. The second-order valence-corrected chi connectivity index (χ2v) is 21.7. The van der Waals surface area contributed by atoms with Gasteiger partial charge in [0.15, 0.2) is 0 Å². The van der Waals surface area contributed by atoms with Crippen molar-refractivity contribution in [1.82, 2.24) is 5.32 Å².